The first kappa shape index (κ1) is 16.6. The molecule has 1 amide bonds. The number of hydrogen-bond donors (Lipinski definition) is 1. The van der Waals surface area contributed by atoms with E-state index in [1.165, 1.54) is 0 Å². The van der Waals surface area contributed by atoms with Crippen LogP contribution in [0.5, 0.6) is 0 Å². The van der Waals surface area contributed by atoms with Gasteiger partial charge in [0.05, 0.1) is 30.9 Å². The number of rotatable bonds is 4. The Hall–Kier alpha value is -1.89. The fourth-order valence-corrected chi connectivity index (χ4v) is 4.11. The second-order valence-electron chi connectivity index (χ2n) is 6.76. The lowest BCUT2D eigenvalue weighted by molar-refractivity contribution is -0.132. The van der Waals surface area contributed by atoms with Crippen LogP contribution in [0.3, 0.4) is 0 Å². The van der Waals surface area contributed by atoms with E-state index >= 15 is 0 Å². The topological polar surface area (TPSA) is 81.6 Å². The highest BCUT2D eigenvalue weighted by molar-refractivity contribution is 6.30. The number of primary amides is 1. The van der Waals surface area contributed by atoms with Crippen LogP contribution in [0.2, 0.25) is 5.02 Å². The molecule has 1 atom stereocenters. The molecule has 0 radical (unpaired) electrons. The van der Waals surface area contributed by atoms with Crippen molar-refractivity contribution >= 4 is 17.5 Å². The normalized spacial score (nSPS) is 22.2. The van der Waals surface area contributed by atoms with Gasteiger partial charge in [-0.2, -0.15) is 0 Å². The first-order chi connectivity index (χ1) is 12.1. The number of carbonyl (C=O) groups is 1. The summed E-state index contributed by atoms with van der Waals surface area (Å²) in [5, 5.41) is 4.44. The second kappa shape index (κ2) is 6.44. The van der Waals surface area contributed by atoms with E-state index in [0.717, 1.165) is 49.4 Å². The molecule has 1 fully saturated rings. The van der Waals surface area contributed by atoms with E-state index in [-0.39, 0.29) is 18.4 Å². The molecule has 1 unspecified atom stereocenters. The maximum absolute atomic E-state index is 11.4. The Kier molecular flexibility index (Phi) is 4.27. The molecule has 0 bridgehead atoms. The standard InChI is InChI=1S/C18H20ClN3O3/c19-12-1-2-14-15(9-12)18(24-16(14)10-17(20)23)4-7-22(8-5-18)11-13-3-6-21-25-13/h1-3,6,9,16H,4-5,7-8,10-11H2,(H2,20,23). The highest BCUT2D eigenvalue weighted by atomic mass is 35.5. The van der Waals surface area contributed by atoms with Gasteiger partial charge in [0.2, 0.25) is 5.91 Å². The molecule has 132 valence electrons. The summed E-state index contributed by atoms with van der Waals surface area (Å²) in [6, 6.07) is 7.66. The fourth-order valence-electron chi connectivity index (χ4n) is 3.94. The summed E-state index contributed by atoms with van der Waals surface area (Å²) in [4.78, 5) is 13.7. The third-order valence-corrected chi connectivity index (χ3v) is 5.38. The lowest BCUT2D eigenvalue weighted by Crippen LogP contribution is -2.42. The van der Waals surface area contributed by atoms with Gasteiger partial charge in [0.1, 0.15) is 0 Å². The molecule has 2 N–H and O–H groups in total. The van der Waals surface area contributed by atoms with Crippen LogP contribution in [0.4, 0.5) is 0 Å². The lowest BCUT2D eigenvalue weighted by atomic mass is 9.83. The van der Waals surface area contributed by atoms with Crippen LogP contribution in [-0.2, 0) is 21.7 Å². The number of likely N-dealkylation sites (tertiary alicyclic amines) is 1. The molecule has 0 aliphatic carbocycles. The van der Waals surface area contributed by atoms with Gasteiger partial charge in [-0.05, 0) is 36.1 Å². The van der Waals surface area contributed by atoms with Crippen LogP contribution in [0.1, 0.15) is 42.3 Å². The van der Waals surface area contributed by atoms with E-state index in [0.29, 0.717) is 5.02 Å². The van der Waals surface area contributed by atoms with Crippen LogP contribution in [0.25, 0.3) is 0 Å². The van der Waals surface area contributed by atoms with Crippen LogP contribution in [0, 0.1) is 0 Å². The monoisotopic (exact) mass is 361 g/mol. The maximum atomic E-state index is 11.4. The van der Waals surface area contributed by atoms with Crippen LogP contribution >= 0.6 is 11.6 Å². The van der Waals surface area contributed by atoms with Crippen molar-refractivity contribution in [3.8, 4) is 0 Å². The molecule has 7 heteroatoms. The minimum absolute atomic E-state index is 0.193. The van der Waals surface area contributed by atoms with Gasteiger partial charge >= 0.3 is 0 Å². The molecule has 25 heavy (non-hydrogen) atoms. The number of aromatic nitrogens is 1. The number of halogens is 1. The van der Waals surface area contributed by atoms with Gasteiger partial charge in [-0.3, -0.25) is 9.69 Å². The van der Waals surface area contributed by atoms with Gasteiger partial charge in [0, 0.05) is 24.2 Å². The highest BCUT2D eigenvalue weighted by Crippen LogP contribution is 2.51. The van der Waals surface area contributed by atoms with Gasteiger partial charge in [-0.15, -0.1) is 0 Å². The minimum Gasteiger partial charge on any atom is -0.370 e. The third-order valence-electron chi connectivity index (χ3n) is 5.14. The highest BCUT2D eigenvalue weighted by Gasteiger charge is 2.47. The minimum atomic E-state index is -0.391. The fraction of sp³-hybridized carbons (Fsp3) is 0.444. The van der Waals surface area contributed by atoms with Gasteiger partial charge < -0.3 is 15.0 Å². The second-order valence-corrected chi connectivity index (χ2v) is 7.19. The van der Waals surface area contributed by atoms with Gasteiger partial charge in [0.15, 0.2) is 5.76 Å². The number of ether oxygens (including phenoxy) is 1. The molecule has 1 saturated heterocycles. The smallest absolute Gasteiger partial charge is 0.220 e. The molecule has 4 rings (SSSR count). The van der Waals surface area contributed by atoms with Gasteiger partial charge in [-0.25, -0.2) is 0 Å². The quantitative estimate of drug-likeness (QED) is 0.905. The van der Waals surface area contributed by atoms with Crippen molar-refractivity contribution in [2.75, 3.05) is 13.1 Å². The van der Waals surface area contributed by atoms with E-state index in [1.807, 2.05) is 24.3 Å². The van der Waals surface area contributed by atoms with Crippen molar-refractivity contribution in [1.29, 1.82) is 0 Å². The zero-order chi connectivity index (χ0) is 17.4. The van der Waals surface area contributed by atoms with E-state index < -0.39 is 5.60 Å². The average Bonchev–Trinajstić information content (AvgIpc) is 3.17. The van der Waals surface area contributed by atoms with Crippen LogP contribution in [-0.4, -0.2) is 29.1 Å². The van der Waals surface area contributed by atoms with Crippen molar-refractivity contribution in [3.05, 3.63) is 52.4 Å². The molecular formula is C18H20ClN3O3. The number of carbonyl (C=O) groups excluding carboxylic acids is 1. The summed E-state index contributed by atoms with van der Waals surface area (Å²) in [7, 11) is 0. The predicted octanol–water partition coefficient (Wildman–Crippen LogP) is 2.77. The molecule has 0 saturated carbocycles. The molecule has 6 nitrogen and oxygen atoms in total. The van der Waals surface area contributed by atoms with Gasteiger partial charge in [-0.1, -0.05) is 22.8 Å². The number of amides is 1. The van der Waals surface area contributed by atoms with Crippen LogP contribution < -0.4 is 5.73 Å². The molecule has 3 heterocycles. The van der Waals surface area contributed by atoms with Crippen molar-refractivity contribution < 1.29 is 14.1 Å². The largest absolute Gasteiger partial charge is 0.370 e. The zero-order valence-electron chi connectivity index (χ0n) is 13.8. The van der Waals surface area contributed by atoms with E-state index in [2.05, 4.69) is 10.1 Å². The predicted molar refractivity (Wildman–Crippen MR) is 91.8 cm³/mol. The first-order valence-electron chi connectivity index (χ1n) is 8.44. The number of nitrogens with zero attached hydrogens (tertiary/aromatic N) is 2. The summed E-state index contributed by atoms with van der Waals surface area (Å²) < 4.78 is 11.6. The van der Waals surface area contributed by atoms with Crippen molar-refractivity contribution in [2.24, 2.45) is 5.73 Å². The molecule has 2 aliphatic heterocycles. The first-order valence-corrected chi connectivity index (χ1v) is 8.81. The van der Waals surface area contributed by atoms with E-state index in [4.69, 9.17) is 26.6 Å². The van der Waals surface area contributed by atoms with Gasteiger partial charge in [0.25, 0.3) is 0 Å². The summed E-state index contributed by atoms with van der Waals surface area (Å²) in [5.41, 5.74) is 7.15. The van der Waals surface area contributed by atoms with E-state index in [9.17, 15) is 4.79 Å². The van der Waals surface area contributed by atoms with Crippen molar-refractivity contribution in [1.82, 2.24) is 10.1 Å². The third kappa shape index (κ3) is 3.17. The number of fused-ring (bicyclic) bond motifs is 2. The average molecular weight is 362 g/mol. The van der Waals surface area contributed by atoms with Crippen LogP contribution in [0.15, 0.2) is 35.0 Å². The Morgan fingerprint density at radius 2 is 2.16 bits per heavy atom. The molecule has 2 aromatic rings. The Balaban J connectivity index is 1.54. The molecule has 1 aromatic carbocycles. The Bertz CT molecular complexity index is 770. The lowest BCUT2D eigenvalue weighted by Gasteiger charge is -2.39. The van der Waals surface area contributed by atoms with Crippen molar-refractivity contribution in [2.45, 2.75) is 37.5 Å². The maximum Gasteiger partial charge on any atom is 0.220 e. The summed E-state index contributed by atoms with van der Waals surface area (Å²) >= 11 is 6.23. The number of hydrogen-bond acceptors (Lipinski definition) is 5. The summed E-state index contributed by atoms with van der Waals surface area (Å²) in [6.07, 6.45) is 3.24. The summed E-state index contributed by atoms with van der Waals surface area (Å²) in [6.45, 7) is 2.48. The van der Waals surface area contributed by atoms with Crippen molar-refractivity contribution in [3.63, 3.8) is 0 Å². The number of nitrogens with two attached hydrogens (primary N) is 1. The zero-order valence-corrected chi connectivity index (χ0v) is 14.5. The Morgan fingerprint density at radius 3 is 2.84 bits per heavy atom. The molecule has 1 aromatic heterocycles. The molecule has 2 aliphatic rings. The number of benzene rings is 1. The number of piperidine rings is 1. The molecular weight excluding hydrogens is 342 g/mol. The Labute approximate surface area is 150 Å². The molecule has 1 spiro atoms. The van der Waals surface area contributed by atoms with E-state index in [1.54, 1.807) is 6.20 Å². The Morgan fingerprint density at radius 1 is 1.36 bits per heavy atom. The summed E-state index contributed by atoms with van der Waals surface area (Å²) in [5.74, 6) is 0.504. The SMILES string of the molecule is NC(=O)CC1OC2(CCN(Cc3ccno3)CC2)c2cc(Cl)ccc21.